The molecule has 4 atom stereocenters. The third kappa shape index (κ3) is 4.63. The molecule has 0 aromatic carbocycles. The van der Waals surface area contributed by atoms with Crippen molar-refractivity contribution in [3.8, 4) is 0 Å². The highest BCUT2D eigenvalue weighted by atomic mass is 16.6. The zero-order valence-electron chi connectivity index (χ0n) is 15.6. The number of hydrogen-bond acceptors (Lipinski definition) is 4. The van der Waals surface area contributed by atoms with Crippen molar-refractivity contribution in [3.63, 3.8) is 0 Å². The van der Waals surface area contributed by atoms with Crippen LogP contribution in [0.5, 0.6) is 0 Å². The number of fused-ring (bicyclic) bond motifs is 1. The smallest absolute Gasteiger partial charge is 0.410 e. The van der Waals surface area contributed by atoms with Crippen LogP contribution in [0.25, 0.3) is 0 Å². The number of carbonyl (C=O) groups is 1. The Hall–Kier alpha value is -0.810. The van der Waals surface area contributed by atoms with Crippen molar-refractivity contribution >= 4 is 6.09 Å². The van der Waals surface area contributed by atoms with E-state index >= 15 is 0 Å². The summed E-state index contributed by atoms with van der Waals surface area (Å²) in [5, 5.41) is 3.92. The predicted molar refractivity (Wildman–Crippen MR) is 94.1 cm³/mol. The summed E-state index contributed by atoms with van der Waals surface area (Å²) in [5.41, 5.74) is -0.416. The highest BCUT2D eigenvalue weighted by Crippen LogP contribution is 2.35. The molecule has 1 aliphatic carbocycles. The zero-order valence-corrected chi connectivity index (χ0v) is 15.6. The first-order valence-electron chi connectivity index (χ1n) is 9.78. The summed E-state index contributed by atoms with van der Waals surface area (Å²) in [7, 11) is 0. The summed E-state index contributed by atoms with van der Waals surface area (Å²) in [6.45, 7) is 8.32. The quantitative estimate of drug-likeness (QED) is 0.839. The van der Waals surface area contributed by atoms with Crippen molar-refractivity contribution in [1.82, 2.24) is 10.2 Å². The van der Waals surface area contributed by atoms with Crippen LogP contribution in [0, 0.1) is 5.92 Å². The molecule has 138 valence electrons. The maximum absolute atomic E-state index is 12.3. The minimum absolute atomic E-state index is 0.162. The lowest BCUT2D eigenvalue weighted by molar-refractivity contribution is 0.0255. The van der Waals surface area contributed by atoms with E-state index < -0.39 is 5.60 Å². The average Bonchev–Trinajstić information content (AvgIpc) is 2.86. The second-order valence-corrected chi connectivity index (χ2v) is 8.66. The Bertz CT molecular complexity index is 435. The van der Waals surface area contributed by atoms with Crippen LogP contribution in [-0.2, 0) is 9.47 Å². The Kier molecular flexibility index (Phi) is 5.70. The monoisotopic (exact) mass is 338 g/mol. The Morgan fingerprint density at radius 2 is 1.92 bits per heavy atom. The summed E-state index contributed by atoms with van der Waals surface area (Å²) in [5.74, 6) is 0.698. The fourth-order valence-electron chi connectivity index (χ4n) is 4.46. The van der Waals surface area contributed by atoms with E-state index in [1.165, 1.54) is 25.7 Å². The third-order valence-electron chi connectivity index (χ3n) is 5.61. The molecule has 1 amide bonds. The van der Waals surface area contributed by atoms with Gasteiger partial charge in [0.05, 0.1) is 6.10 Å². The number of hydrogen-bond donors (Lipinski definition) is 1. The van der Waals surface area contributed by atoms with Crippen LogP contribution in [0.3, 0.4) is 0 Å². The Morgan fingerprint density at radius 3 is 2.71 bits per heavy atom. The SMILES string of the molecule is CC(C)(C)OC(=O)N1CCCC(NC2CCCC3OCCC23)CC1. The van der Waals surface area contributed by atoms with E-state index in [0.717, 1.165) is 39.0 Å². The van der Waals surface area contributed by atoms with Gasteiger partial charge in [-0.2, -0.15) is 0 Å². The maximum atomic E-state index is 12.3. The maximum Gasteiger partial charge on any atom is 0.410 e. The largest absolute Gasteiger partial charge is 0.444 e. The van der Waals surface area contributed by atoms with Gasteiger partial charge in [0.15, 0.2) is 0 Å². The van der Waals surface area contributed by atoms with Crippen LogP contribution in [0.1, 0.15) is 65.7 Å². The molecule has 0 spiro atoms. The topological polar surface area (TPSA) is 50.8 Å². The minimum atomic E-state index is -0.416. The lowest BCUT2D eigenvalue weighted by atomic mass is 9.81. The molecule has 5 heteroatoms. The third-order valence-corrected chi connectivity index (χ3v) is 5.61. The van der Waals surface area contributed by atoms with Crippen molar-refractivity contribution in [2.24, 2.45) is 5.92 Å². The molecule has 3 aliphatic rings. The van der Waals surface area contributed by atoms with Crippen molar-refractivity contribution in [2.45, 2.75) is 89.5 Å². The average molecular weight is 338 g/mol. The van der Waals surface area contributed by atoms with Crippen LogP contribution in [0.15, 0.2) is 0 Å². The Morgan fingerprint density at radius 1 is 1.08 bits per heavy atom. The van der Waals surface area contributed by atoms with Gasteiger partial charge in [0.1, 0.15) is 5.60 Å². The molecule has 3 fully saturated rings. The van der Waals surface area contributed by atoms with Crippen LogP contribution in [-0.4, -0.2) is 54.5 Å². The van der Waals surface area contributed by atoms with Gasteiger partial charge >= 0.3 is 6.09 Å². The summed E-state index contributed by atoms with van der Waals surface area (Å²) in [4.78, 5) is 14.2. The Labute approximate surface area is 146 Å². The second kappa shape index (κ2) is 7.61. The number of rotatable bonds is 2. The standard InChI is InChI=1S/C19H34N2O3/c1-19(2,3)24-18(22)21-11-5-6-14(9-12-21)20-16-7-4-8-17-15(16)10-13-23-17/h14-17,20H,4-13H2,1-3H3. The first-order chi connectivity index (χ1) is 11.4. The van der Waals surface area contributed by atoms with Gasteiger partial charge < -0.3 is 19.7 Å². The summed E-state index contributed by atoms with van der Waals surface area (Å²) < 4.78 is 11.4. The predicted octanol–water partition coefficient (Wildman–Crippen LogP) is 3.32. The van der Waals surface area contributed by atoms with Crippen molar-refractivity contribution in [2.75, 3.05) is 19.7 Å². The van der Waals surface area contributed by atoms with Crippen LogP contribution < -0.4 is 5.32 Å². The molecular weight excluding hydrogens is 304 g/mol. The number of ether oxygens (including phenoxy) is 2. The van der Waals surface area contributed by atoms with Crippen molar-refractivity contribution < 1.29 is 14.3 Å². The number of likely N-dealkylation sites (tertiary alicyclic amines) is 1. The molecule has 1 N–H and O–H groups in total. The molecule has 0 bridgehead atoms. The first-order valence-corrected chi connectivity index (χ1v) is 9.78. The molecular formula is C19H34N2O3. The number of amides is 1. The number of carbonyl (C=O) groups excluding carboxylic acids is 1. The van der Waals surface area contributed by atoms with Gasteiger partial charge in [-0.05, 0) is 65.7 Å². The summed E-state index contributed by atoms with van der Waals surface area (Å²) in [6, 6.07) is 1.12. The molecule has 0 aromatic heterocycles. The highest BCUT2D eigenvalue weighted by molar-refractivity contribution is 5.68. The zero-order chi connectivity index (χ0) is 17.2. The van der Waals surface area contributed by atoms with Crippen LogP contribution in [0.4, 0.5) is 4.79 Å². The number of nitrogens with zero attached hydrogens (tertiary/aromatic N) is 1. The molecule has 5 nitrogen and oxygen atoms in total. The fourth-order valence-corrected chi connectivity index (χ4v) is 4.46. The molecule has 0 radical (unpaired) electrons. The molecule has 24 heavy (non-hydrogen) atoms. The molecule has 1 saturated carbocycles. The molecule has 0 aromatic rings. The normalized spacial score (nSPS) is 34.5. The van der Waals surface area contributed by atoms with E-state index in [0.29, 0.717) is 24.1 Å². The molecule has 3 rings (SSSR count). The van der Waals surface area contributed by atoms with Gasteiger partial charge in [-0.15, -0.1) is 0 Å². The lowest BCUT2D eigenvalue weighted by Gasteiger charge is -2.36. The minimum Gasteiger partial charge on any atom is -0.444 e. The molecule has 2 heterocycles. The van der Waals surface area contributed by atoms with E-state index in [9.17, 15) is 4.79 Å². The molecule has 4 unspecified atom stereocenters. The van der Waals surface area contributed by atoms with Crippen LogP contribution in [0.2, 0.25) is 0 Å². The Balaban J connectivity index is 1.49. The van der Waals surface area contributed by atoms with Gasteiger partial charge in [-0.1, -0.05) is 0 Å². The van der Waals surface area contributed by atoms with Gasteiger partial charge in [0, 0.05) is 37.7 Å². The fraction of sp³-hybridized carbons (Fsp3) is 0.947. The second-order valence-electron chi connectivity index (χ2n) is 8.66. The van der Waals surface area contributed by atoms with E-state index in [1.807, 2.05) is 25.7 Å². The first kappa shape index (κ1) is 18.0. The summed E-state index contributed by atoms with van der Waals surface area (Å²) in [6.07, 6.45) is 8.53. The van der Waals surface area contributed by atoms with E-state index in [-0.39, 0.29) is 6.09 Å². The van der Waals surface area contributed by atoms with Gasteiger partial charge in [-0.3, -0.25) is 0 Å². The van der Waals surface area contributed by atoms with Gasteiger partial charge in [0.25, 0.3) is 0 Å². The molecule has 2 aliphatic heterocycles. The lowest BCUT2D eigenvalue weighted by Crippen LogP contribution is -2.47. The van der Waals surface area contributed by atoms with Gasteiger partial charge in [-0.25, -0.2) is 4.79 Å². The van der Waals surface area contributed by atoms with Crippen molar-refractivity contribution in [1.29, 1.82) is 0 Å². The highest BCUT2D eigenvalue weighted by Gasteiger charge is 2.38. The molecule has 2 saturated heterocycles. The van der Waals surface area contributed by atoms with E-state index in [1.54, 1.807) is 0 Å². The number of nitrogens with one attached hydrogen (secondary N) is 1. The van der Waals surface area contributed by atoms with Gasteiger partial charge in [0.2, 0.25) is 0 Å². The van der Waals surface area contributed by atoms with Crippen molar-refractivity contribution in [3.05, 3.63) is 0 Å². The van der Waals surface area contributed by atoms with E-state index in [4.69, 9.17) is 9.47 Å². The summed E-state index contributed by atoms with van der Waals surface area (Å²) >= 11 is 0. The van der Waals surface area contributed by atoms with E-state index in [2.05, 4.69) is 5.32 Å². The van der Waals surface area contributed by atoms with Crippen LogP contribution >= 0.6 is 0 Å².